The van der Waals surface area contributed by atoms with Crippen LogP contribution in [0.5, 0.6) is 0 Å². The highest BCUT2D eigenvalue weighted by Gasteiger charge is 2.06. The first-order chi connectivity index (χ1) is 8.58. The maximum absolute atomic E-state index is 11.2. The van der Waals surface area contributed by atoms with Gasteiger partial charge in [0.1, 0.15) is 0 Å². The molecule has 0 bridgehead atoms. The minimum absolute atomic E-state index is 0.202. The molecular weight excluding hydrogens is 226 g/mol. The number of hydrogen-bond acceptors (Lipinski definition) is 2. The zero-order valence-corrected chi connectivity index (χ0v) is 11.1. The number of aromatic amines is 1. The van der Waals surface area contributed by atoms with E-state index in [1.807, 2.05) is 18.2 Å². The Kier molecular flexibility index (Phi) is 3.70. The van der Waals surface area contributed by atoms with E-state index in [4.69, 9.17) is 0 Å². The van der Waals surface area contributed by atoms with Crippen molar-refractivity contribution < 1.29 is 9.53 Å². The maximum atomic E-state index is 11.2. The van der Waals surface area contributed by atoms with E-state index in [0.29, 0.717) is 12.3 Å². The highest BCUT2D eigenvalue weighted by atomic mass is 16.5. The van der Waals surface area contributed by atoms with Crippen LogP contribution >= 0.6 is 0 Å². The summed E-state index contributed by atoms with van der Waals surface area (Å²) in [5.74, 6) is 0.430. The van der Waals surface area contributed by atoms with Gasteiger partial charge >= 0.3 is 5.97 Å². The first-order valence-corrected chi connectivity index (χ1v) is 6.26. The van der Waals surface area contributed by atoms with E-state index in [0.717, 1.165) is 22.9 Å². The average Bonchev–Trinajstić information content (AvgIpc) is 2.69. The minimum Gasteiger partial charge on any atom is -0.469 e. The Morgan fingerprint density at radius 1 is 1.33 bits per heavy atom. The number of carbonyl (C=O) groups excluding carboxylic acids is 1. The first-order valence-electron chi connectivity index (χ1n) is 6.26. The van der Waals surface area contributed by atoms with Crippen molar-refractivity contribution in [3.05, 3.63) is 35.5 Å². The highest BCUT2D eigenvalue weighted by molar-refractivity contribution is 5.82. The molecule has 1 aromatic carbocycles. The van der Waals surface area contributed by atoms with Crippen LogP contribution in [0.4, 0.5) is 0 Å². The molecule has 0 spiro atoms. The lowest BCUT2D eigenvalue weighted by molar-refractivity contribution is -0.139. The Hall–Kier alpha value is -1.77. The van der Waals surface area contributed by atoms with Crippen molar-refractivity contribution in [3.63, 3.8) is 0 Å². The number of nitrogens with one attached hydrogen (secondary N) is 1. The summed E-state index contributed by atoms with van der Waals surface area (Å²) in [6.07, 6.45) is 1.37. The molecule has 96 valence electrons. The first kappa shape index (κ1) is 12.7. The predicted molar refractivity (Wildman–Crippen MR) is 72.6 cm³/mol. The van der Waals surface area contributed by atoms with Gasteiger partial charge < -0.3 is 9.72 Å². The molecular formula is C15H19NO2. The molecule has 1 aromatic heterocycles. The number of fused-ring (bicyclic) bond motifs is 1. The third kappa shape index (κ3) is 2.92. The molecule has 0 radical (unpaired) electrons. The summed E-state index contributed by atoms with van der Waals surface area (Å²) in [5.41, 5.74) is 3.36. The number of methoxy groups -OCH3 is 1. The summed E-state index contributed by atoms with van der Waals surface area (Å²) in [7, 11) is 1.41. The third-order valence-corrected chi connectivity index (χ3v) is 2.95. The number of ether oxygens (including phenoxy) is 1. The number of carbonyl (C=O) groups is 1. The molecule has 0 aliphatic rings. The molecule has 1 N–H and O–H groups in total. The van der Waals surface area contributed by atoms with Gasteiger partial charge in [-0.05, 0) is 41.5 Å². The minimum atomic E-state index is -0.202. The lowest BCUT2D eigenvalue weighted by Gasteiger charge is -2.00. The Labute approximate surface area is 107 Å². The summed E-state index contributed by atoms with van der Waals surface area (Å²) in [6, 6.07) is 8.20. The van der Waals surface area contributed by atoms with Crippen LogP contribution in [-0.4, -0.2) is 18.1 Å². The van der Waals surface area contributed by atoms with Gasteiger partial charge in [-0.15, -0.1) is 0 Å². The van der Waals surface area contributed by atoms with Crippen LogP contribution in [0.2, 0.25) is 0 Å². The highest BCUT2D eigenvalue weighted by Crippen LogP contribution is 2.19. The van der Waals surface area contributed by atoms with E-state index < -0.39 is 0 Å². The van der Waals surface area contributed by atoms with Crippen LogP contribution in [0.25, 0.3) is 10.9 Å². The fourth-order valence-electron chi connectivity index (χ4n) is 2.14. The molecule has 0 unspecified atom stereocenters. The molecule has 0 fully saturated rings. The fraction of sp³-hybridized carbons (Fsp3) is 0.400. The molecule has 2 rings (SSSR count). The Bertz CT molecular complexity index is 555. The van der Waals surface area contributed by atoms with Gasteiger partial charge in [-0.3, -0.25) is 4.79 Å². The molecule has 0 amide bonds. The largest absolute Gasteiger partial charge is 0.469 e. The molecule has 3 heteroatoms. The van der Waals surface area contributed by atoms with Gasteiger partial charge in [-0.1, -0.05) is 19.9 Å². The fourth-order valence-corrected chi connectivity index (χ4v) is 2.14. The van der Waals surface area contributed by atoms with Crippen LogP contribution in [0.15, 0.2) is 24.3 Å². The molecule has 0 aliphatic carbocycles. The lowest BCUT2D eigenvalue weighted by Crippen LogP contribution is -2.03. The molecule has 0 saturated heterocycles. The maximum Gasteiger partial charge on any atom is 0.309 e. The Morgan fingerprint density at radius 2 is 2.11 bits per heavy atom. The van der Waals surface area contributed by atoms with Gasteiger partial charge in [0.25, 0.3) is 0 Å². The summed E-state index contributed by atoms with van der Waals surface area (Å²) < 4.78 is 4.68. The van der Waals surface area contributed by atoms with E-state index in [-0.39, 0.29) is 5.97 Å². The molecule has 2 aromatic rings. The van der Waals surface area contributed by atoms with E-state index in [9.17, 15) is 4.79 Å². The van der Waals surface area contributed by atoms with E-state index in [1.165, 1.54) is 12.8 Å². The SMILES string of the molecule is COC(=O)Cc1ccc2[nH]c(CC(C)C)cc2c1. The van der Waals surface area contributed by atoms with Gasteiger partial charge in [-0.25, -0.2) is 0 Å². The zero-order chi connectivity index (χ0) is 13.1. The molecule has 1 heterocycles. The second-order valence-electron chi connectivity index (χ2n) is 5.07. The summed E-state index contributed by atoms with van der Waals surface area (Å²) >= 11 is 0. The number of benzene rings is 1. The van der Waals surface area contributed by atoms with Crippen LogP contribution in [0, 0.1) is 5.92 Å². The second kappa shape index (κ2) is 5.25. The van der Waals surface area contributed by atoms with Crippen molar-refractivity contribution in [2.45, 2.75) is 26.7 Å². The number of aromatic nitrogens is 1. The van der Waals surface area contributed by atoms with Crippen molar-refractivity contribution in [2.75, 3.05) is 7.11 Å². The monoisotopic (exact) mass is 245 g/mol. The molecule has 0 aliphatic heterocycles. The van der Waals surface area contributed by atoms with E-state index in [1.54, 1.807) is 0 Å². The average molecular weight is 245 g/mol. The second-order valence-corrected chi connectivity index (χ2v) is 5.07. The summed E-state index contributed by atoms with van der Waals surface area (Å²) in [5, 5.41) is 1.16. The number of hydrogen-bond donors (Lipinski definition) is 1. The normalized spacial score (nSPS) is 11.1. The van der Waals surface area contributed by atoms with Gasteiger partial charge in [0.05, 0.1) is 13.5 Å². The van der Waals surface area contributed by atoms with Crippen molar-refractivity contribution in [2.24, 2.45) is 5.92 Å². The predicted octanol–water partition coefficient (Wildman–Crippen LogP) is 3.08. The topological polar surface area (TPSA) is 42.1 Å². The smallest absolute Gasteiger partial charge is 0.309 e. The van der Waals surface area contributed by atoms with Gasteiger partial charge in [0.2, 0.25) is 0 Å². The van der Waals surface area contributed by atoms with Gasteiger partial charge in [0.15, 0.2) is 0 Å². The van der Waals surface area contributed by atoms with Gasteiger partial charge in [0, 0.05) is 11.2 Å². The van der Waals surface area contributed by atoms with E-state index >= 15 is 0 Å². The van der Waals surface area contributed by atoms with Crippen LogP contribution < -0.4 is 0 Å². The van der Waals surface area contributed by atoms with Crippen molar-refractivity contribution in [1.82, 2.24) is 4.98 Å². The van der Waals surface area contributed by atoms with Gasteiger partial charge in [-0.2, -0.15) is 0 Å². The van der Waals surface area contributed by atoms with Crippen LogP contribution in [0.3, 0.4) is 0 Å². The standard InChI is InChI=1S/C15H19NO2/c1-10(2)6-13-9-12-7-11(8-15(17)18-3)4-5-14(12)16-13/h4-5,7,9-10,16H,6,8H2,1-3H3. The quantitative estimate of drug-likeness (QED) is 0.841. The van der Waals surface area contributed by atoms with Crippen LogP contribution in [-0.2, 0) is 22.4 Å². The third-order valence-electron chi connectivity index (χ3n) is 2.95. The molecule has 18 heavy (non-hydrogen) atoms. The van der Waals surface area contributed by atoms with Crippen LogP contribution in [0.1, 0.15) is 25.1 Å². The Balaban J connectivity index is 2.25. The lowest BCUT2D eigenvalue weighted by atomic mass is 10.1. The zero-order valence-electron chi connectivity index (χ0n) is 11.1. The van der Waals surface area contributed by atoms with E-state index in [2.05, 4.69) is 29.6 Å². The molecule has 0 atom stereocenters. The van der Waals surface area contributed by atoms with Crippen molar-refractivity contribution in [3.8, 4) is 0 Å². The number of H-pyrrole nitrogens is 1. The van der Waals surface area contributed by atoms with Crippen molar-refractivity contribution >= 4 is 16.9 Å². The number of rotatable bonds is 4. The summed E-state index contributed by atoms with van der Waals surface area (Å²) in [6.45, 7) is 4.41. The molecule has 0 saturated carbocycles. The molecule has 3 nitrogen and oxygen atoms in total. The Morgan fingerprint density at radius 3 is 2.78 bits per heavy atom. The number of esters is 1. The summed E-state index contributed by atoms with van der Waals surface area (Å²) in [4.78, 5) is 14.6. The van der Waals surface area contributed by atoms with Crippen molar-refractivity contribution in [1.29, 1.82) is 0 Å².